The van der Waals surface area contributed by atoms with Gasteiger partial charge < -0.3 is 20.6 Å². The van der Waals surface area contributed by atoms with Gasteiger partial charge in [-0.2, -0.15) is 0 Å². The van der Waals surface area contributed by atoms with Gasteiger partial charge in [0, 0.05) is 20.6 Å². The summed E-state index contributed by atoms with van der Waals surface area (Å²) in [5.41, 5.74) is 1.61. The van der Waals surface area contributed by atoms with Gasteiger partial charge >= 0.3 is 12.0 Å². The molecule has 0 radical (unpaired) electrons. The Kier molecular flexibility index (Phi) is 5.83. The Morgan fingerprint density at radius 1 is 1.30 bits per heavy atom. The molecule has 1 atom stereocenters. The zero-order chi connectivity index (χ0) is 15.1. The topological polar surface area (TPSA) is 81.7 Å². The molecule has 110 valence electrons. The number of benzene rings is 1. The van der Waals surface area contributed by atoms with Crippen LogP contribution in [0.5, 0.6) is 0 Å². The predicted octanol–water partition coefficient (Wildman–Crippen LogP) is 1.98. The summed E-state index contributed by atoms with van der Waals surface area (Å²) >= 11 is 0. The number of aliphatic carboxylic acids is 1. The average Bonchev–Trinajstić information content (AvgIpc) is 2.38. The average molecular weight is 279 g/mol. The Bertz CT molecular complexity index is 474. The van der Waals surface area contributed by atoms with Gasteiger partial charge in [0.1, 0.15) is 0 Å². The molecule has 0 aliphatic heterocycles. The predicted molar refractivity (Wildman–Crippen MR) is 79.2 cm³/mol. The second-order valence-corrected chi connectivity index (χ2v) is 4.82. The first kappa shape index (κ1) is 15.8. The maximum atomic E-state index is 11.8. The lowest BCUT2D eigenvalue weighted by Crippen LogP contribution is -2.31. The normalized spacial score (nSPS) is 11.6. The third-order valence-corrected chi connectivity index (χ3v) is 2.92. The van der Waals surface area contributed by atoms with E-state index < -0.39 is 11.9 Å². The molecular formula is C14H21N3O3. The maximum absolute atomic E-state index is 11.8. The molecule has 2 amide bonds. The Morgan fingerprint density at radius 3 is 2.55 bits per heavy atom. The van der Waals surface area contributed by atoms with E-state index in [4.69, 9.17) is 5.11 Å². The lowest BCUT2D eigenvalue weighted by Gasteiger charge is -2.18. The Hall–Kier alpha value is -2.24. The number of hydrogen-bond donors (Lipinski definition) is 3. The number of anilines is 2. The Labute approximate surface area is 118 Å². The van der Waals surface area contributed by atoms with Crippen LogP contribution in [0.25, 0.3) is 0 Å². The molecule has 0 fully saturated rings. The minimum Gasteiger partial charge on any atom is -0.481 e. The van der Waals surface area contributed by atoms with E-state index in [1.807, 2.05) is 43.3 Å². The fraction of sp³-hybridized carbons (Fsp3) is 0.429. The third-order valence-electron chi connectivity index (χ3n) is 2.92. The van der Waals surface area contributed by atoms with E-state index in [0.717, 1.165) is 5.69 Å². The van der Waals surface area contributed by atoms with Crippen molar-refractivity contribution in [1.82, 2.24) is 5.32 Å². The van der Waals surface area contributed by atoms with E-state index in [9.17, 15) is 9.59 Å². The molecular weight excluding hydrogens is 258 g/mol. The van der Waals surface area contributed by atoms with Crippen LogP contribution in [0.3, 0.4) is 0 Å². The molecule has 0 aliphatic rings. The summed E-state index contributed by atoms with van der Waals surface area (Å²) in [6, 6.07) is 7.12. The second kappa shape index (κ2) is 7.37. The number of carbonyl (C=O) groups excluding carboxylic acids is 1. The summed E-state index contributed by atoms with van der Waals surface area (Å²) in [6.45, 7) is 1.94. The maximum Gasteiger partial charge on any atom is 0.319 e. The summed E-state index contributed by atoms with van der Waals surface area (Å²) in [5, 5.41) is 14.2. The molecule has 1 unspecified atom stereocenters. The van der Waals surface area contributed by atoms with Crippen molar-refractivity contribution in [3.05, 3.63) is 24.3 Å². The monoisotopic (exact) mass is 279 g/mol. The van der Waals surface area contributed by atoms with Crippen molar-refractivity contribution in [2.45, 2.75) is 13.3 Å². The summed E-state index contributed by atoms with van der Waals surface area (Å²) in [7, 11) is 3.79. The van der Waals surface area contributed by atoms with Crippen LogP contribution in [0, 0.1) is 5.92 Å². The van der Waals surface area contributed by atoms with E-state index in [1.54, 1.807) is 6.92 Å². The van der Waals surface area contributed by atoms with Crippen molar-refractivity contribution < 1.29 is 14.7 Å². The summed E-state index contributed by atoms with van der Waals surface area (Å²) in [5.74, 6) is -1.32. The van der Waals surface area contributed by atoms with Crippen LogP contribution < -0.4 is 15.5 Å². The molecule has 20 heavy (non-hydrogen) atoms. The van der Waals surface area contributed by atoms with Gasteiger partial charge in [0.25, 0.3) is 0 Å². The number of rotatable bonds is 6. The lowest BCUT2D eigenvalue weighted by atomic mass is 10.1. The first-order valence-corrected chi connectivity index (χ1v) is 6.46. The molecule has 0 saturated carbocycles. The van der Waals surface area contributed by atoms with Crippen LogP contribution in [-0.4, -0.2) is 37.7 Å². The van der Waals surface area contributed by atoms with E-state index in [0.29, 0.717) is 18.7 Å². The van der Waals surface area contributed by atoms with Crippen molar-refractivity contribution in [3.8, 4) is 0 Å². The highest BCUT2D eigenvalue weighted by molar-refractivity contribution is 5.93. The zero-order valence-corrected chi connectivity index (χ0v) is 12.0. The molecule has 1 rings (SSSR count). The van der Waals surface area contributed by atoms with Crippen molar-refractivity contribution in [2.75, 3.05) is 30.9 Å². The highest BCUT2D eigenvalue weighted by atomic mass is 16.4. The van der Waals surface area contributed by atoms with Crippen LogP contribution >= 0.6 is 0 Å². The molecule has 0 aromatic heterocycles. The Morgan fingerprint density at radius 2 is 1.95 bits per heavy atom. The number of para-hydroxylation sites is 2. The van der Waals surface area contributed by atoms with Gasteiger partial charge in [-0.3, -0.25) is 4.79 Å². The van der Waals surface area contributed by atoms with Gasteiger partial charge in [-0.25, -0.2) is 4.79 Å². The molecule has 3 N–H and O–H groups in total. The van der Waals surface area contributed by atoms with Gasteiger partial charge in [0.2, 0.25) is 0 Å². The number of amides is 2. The van der Waals surface area contributed by atoms with Crippen molar-refractivity contribution >= 4 is 23.4 Å². The number of nitrogens with one attached hydrogen (secondary N) is 2. The molecule has 6 nitrogen and oxygen atoms in total. The zero-order valence-electron chi connectivity index (χ0n) is 12.0. The van der Waals surface area contributed by atoms with Crippen LogP contribution in [0.15, 0.2) is 24.3 Å². The summed E-state index contributed by atoms with van der Waals surface area (Å²) in [6.07, 6.45) is 0.401. The first-order valence-electron chi connectivity index (χ1n) is 6.46. The number of urea groups is 1. The third kappa shape index (κ3) is 4.79. The largest absolute Gasteiger partial charge is 0.481 e. The molecule has 1 aromatic carbocycles. The number of hydrogen-bond acceptors (Lipinski definition) is 3. The van der Waals surface area contributed by atoms with Crippen LogP contribution in [0.4, 0.5) is 16.2 Å². The molecule has 0 spiro atoms. The van der Waals surface area contributed by atoms with Gasteiger partial charge in [0.15, 0.2) is 0 Å². The summed E-state index contributed by atoms with van der Waals surface area (Å²) < 4.78 is 0. The van der Waals surface area contributed by atoms with Crippen LogP contribution in [0.1, 0.15) is 13.3 Å². The molecule has 0 aliphatic carbocycles. The van der Waals surface area contributed by atoms with Gasteiger partial charge in [-0.1, -0.05) is 19.1 Å². The highest BCUT2D eigenvalue weighted by Gasteiger charge is 2.11. The van der Waals surface area contributed by atoms with Gasteiger partial charge in [-0.15, -0.1) is 0 Å². The number of nitrogens with zero attached hydrogens (tertiary/aromatic N) is 1. The van der Waals surface area contributed by atoms with Gasteiger partial charge in [-0.05, 0) is 18.6 Å². The fourth-order valence-corrected chi connectivity index (χ4v) is 1.66. The van der Waals surface area contributed by atoms with Crippen molar-refractivity contribution in [3.63, 3.8) is 0 Å². The lowest BCUT2D eigenvalue weighted by molar-refractivity contribution is -0.141. The summed E-state index contributed by atoms with van der Waals surface area (Å²) in [4.78, 5) is 24.3. The number of carbonyl (C=O) groups is 2. The molecule has 0 bridgehead atoms. The van der Waals surface area contributed by atoms with E-state index in [1.165, 1.54) is 0 Å². The first-order chi connectivity index (χ1) is 9.41. The van der Waals surface area contributed by atoms with Crippen molar-refractivity contribution in [1.29, 1.82) is 0 Å². The Balaban J connectivity index is 2.49. The molecule has 6 heteroatoms. The van der Waals surface area contributed by atoms with Crippen molar-refractivity contribution in [2.24, 2.45) is 5.92 Å². The highest BCUT2D eigenvalue weighted by Crippen LogP contribution is 2.23. The van der Waals surface area contributed by atoms with Crippen LogP contribution in [0.2, 0.25) is 0 Å². The second-order valence-electron chi connectivity index (χ2n) is 4.82. The smallest absolute Gasteiger partial charge is 0.319 e. The van der Waals surface area contributed by atoms with E-state index >= 15 is 0 Å². The quantitative estimate of drug-likeness (QED) is 0.743. The van der Waals surface area contributed by atoms with E-state index in [2.05, 4.69) is 10.6 Å². The SMILES string of the molecule is CC(CCNC(=O)Nc1ccccc1N(C)C)C(=O)O. The van der Waals surface area contributed by atoms with Crippen LogP contribution in [-0.2, 0) is 4.79 Å². The fourth-order valence-electron chi connectivity index (χ4n) is 1.66. The standard InChI is InChI=1S/C14H21N3O3/c1-10(13(18)19)8-9-15-14(20)16-11-6-4-5-7-12(11)17(2)3/h4-7,10H,8-9H2,1-3H3,(H,18,19)(H2,15,16,20). The minimum absolute atomic E-state index is 0.323. The molecule has 0 heterocycles. The van der Waals surface area contributed by atoms with Gasteiger partial charge in [0.05, 0.1) is 17.3 Å². The molecule has 0 saturated heterocycles. The van der Waals surface area contributed by atoms with E-state index in [-0.39, 0.29) is 6.03 Å². The molecule has 1 aromatic rings. The number of carboxylic acids is 1. The minimum atomic E-state index is -0.856. The number of carboxylic acid groups (broad SMARTS) is 1.